The summed E-state index contributed by atoms with van der Waals surface area (Å²) in [4.78, 5) is 14.6. The zero-order chi connectivity index (χ0) is 15.7. The summed E-state index contributed by atoms with van der Waals surface area (Å²) in [5.41, 5.74) is 9.14. The van der Waals surface area contributed by atoms with Crippen LogP contribution in [0.25, 0.3) is 22.8 Å². The molecule has 0 bridgehead atoms. The third kappa shape index (κ3) is 2.51. The van der Waals surface area contributed by atoms with E-state index in [0.29, 0.717) is 17.3 Å². The number of nitro groups is 1. The molecule has 0 fully saturated rings. The lowest BCUT2D eigenvalue weighted by atomic mass is 10.1. The summed E-state index contributed by atoms with van der Waals surface area (Å²) in [5.74, 6) is 1.07. The van der Waals surface area contributed by atoms with Crippen LogP contribution in [0.1, 0.15) is 5.56 Å². The van der Waals surface area contributed by atoms with Crippen LogP contribution in [0.3, 0.4) is 0 Å². The number of nitrogens with zero attached hydrogens (tertiary/aromatic N) is 3. The second kappa shape index (κ2) is 5.28. The number of hydrogen-bond acceptors (Lipinski definition) is 5. The van der Waals surface area contributed by atoms with Crippen LogP contribution in [-0.4, -0.2) is 20.1 Å². The van der Waals surface area contributed by atoms with Crippen LogP contribution in [0.4, 0.5) is 11.4 Å². The molecule has 3 N–H and O–H groups in total. The molecule has 0 radical (unpaired) electrons. The third-order valence-electron chi connectivity index (χ3n) is 3.37. The van der Waals surface area contributed by atoms with Gasteiger partial charge in [0.1, 0.15) is 0 Å². The molecule has 0 saturated heterocycles. The van der Waals surface area contributed by atoms with E-state index in [2.05, 4.69) is 15.2 Å². The first kappa shape index (κ1) is 13.7. The van der Waals surface area contributed by atoms with E-state index in [1.54, 1.807) is 12.1 Å². The molecule has 0 aliphatic heterocycles. The molecule has 7 nitrogen and oxygen atoms in total. The first-order valence-corrected chi connectivity index (χ1v) is 6.58. The molecule has 0 atom stereocenters. The number of H-pyrrole nitrogens is 1. The molecule has 3 aromatic rings. The van der Waals surface area contributed by atoms with Crippen LogP contribution in [0.5, 0.6) is 0 Å². The number of aromatic nitrogens is 3. The highest BCUT2D eigenvalue weighted by Gasteiger charge is 2.10. The molecule has 22 heavy (non-hydrogen) atoms. The van der Waals surface area contributed by atoms with Crippen molar-refractivity contribution in [1.82, 2.24) is 15.2 Å². The minimum absolute atomic E-state index is 0.0368. The van der Waals surface area contributed by atoms with Crippen molar-refractivity contribution in [3.63, 3.8) is 0 Å². The van der Waals surface area contributed by atoms with Gasteiger partial charge in [-0.1, -0.05) is 12.1 Å². The molecule has 0 spiro atoms. The molecule has 0 saturated carbocycles. The molecule has 1 heterocycles. The van der Waals surface area contributed by atoms with E-state index in [-0.39, 0.29) is 5.69 Å². The lowest BCUT2D eigenvalue weighted by Gasteiger charge is -2.01. The Morgan fingerprint density at radius 2 is 1.82 bits per heavy atom. The molecule has 110 valence electrons. The number of non-ortho nitro benzene ring substituents is 1. The Morgan fingerprint density at radius 3 is 2.45 bits per heavy atom. The number of anilines is 1. The van der Waals surface area contributed by atoms with Crippen LogP contribution >= 0.6 is 0 Å². The number of nitrogens with two attached hydrogens (primary N) is 1. The predicted octanol–water partition coefficient (Wildman–Crippen LogP) is 2.94. The van der Waals surface area contributed by atoms with Crippen molar-refractivity contribution in [2.24, 2.45) is 0 Å². The van der Waals surface area contributed by atoms with Gasteiger partial charge in [-0.2, -0.15) is 5.10 Å². The van der Waals surface area contributed by atoms with Crippen LogP contribution in [0.15, 0.2) is 42.5 Å². The van der Waals surface area contributed by atoms with Gasteiger partial charge in [-0.25, -0.2) is 4.98 Å². The quantitative estimate of drug-likeness (QED) is 0.438. The van der Waals surface area contributed by atoms with E-state index in [1.165, 1.54) is 12.1 Å². The molecule has 1 aromatic heterocycles. The lowest BCUT2D eigenvalue weighted by Crippen LogP contribution is -1.90. The maximum Gasteiger partial charge on any atom is 0.269 e. The van der Waals surface area contributed by atoms with Gasteiger partial charge in [-0.3, -0.25) is 15.2 Å². The van der Waals surface area contributed by atoms with Gasteiger partial charge in [-0.15, -0.1) is 0 Å². The minimum atomic E-state index is -0.440. The number of benzene rings is 2. The first-order valence-electron chi connectivity index (χ1n) is 6.58. The number of rotatable bonds is 3. The average molecular weight is 295 g/mol. The zero-order valence-electron chi connectivity index (χ0n) is 11.8. The molecule has 0 amide bonds. The van der Waals surface area contributed by atoms with Crippen molar-refractivity contribution in [3.05, 3.63) is 58.1 Å². The molecular weight excluding hydrogens is 282 g/mol. The Balaban J connectivity index is 1.93. The summed E-state index contributed by atoms with van der Waals surface area (Å²) in [7, 11) is 0. The Morgan fingerprint density at radius 1 is 1.14 bits per heavy atom. The number of nitrogen functional groups attached to an aromatic ring is 1. The molecule has 0 aliphatic rings. The van der Waals surface area contributed by atoms with Crippen LogP contribution in [0, 0.1) is 17.0 Å². The van der Waals surface area contributed by atoms with Gasteiger partial charge in [0.25, 0.3) is 5.69 Å². The summed E-state index contributed by atoms with van der Waals surface area (Å²) < 4.78 is 0. The number of aromatic amines is 1. The molecule has 0 aliphatic carbocycles. The molecule has 3 rings (SSSR count). The summed E-state index contributed by atoms with van der Waals surface area (Å²) in [6.07, 6.45) is 0. The summed E-state index contributed by atoms with van der Waals surface area (Å²) in [6, 6.07) is 11.7. The van der Waals surface area contributed by atoms with E-state index in [4.69, 9.17) is 5.73 Å². The van der Waals surface area contributed by atoms with Crippen molar-refractivity contribution in [3.8, 4) is 22.8 Å². The monoisotopic (exact) mass is 295 g/mol. The van der Waals surface area contributed by atoms with Crippen LogP contribution in [-0.2, 0) is 0 Å². The standard InChI is InChI=1S/C15H13N5O2/c1-9-2-3-11(8-13(9)16)15-17-14(18-19-15)10-4-6-12(7-5-10)20(21)22/h2-8H,16H2,1H3,(H,17,18,19). The van der Waals surface area contributed by atoms with E-state index >= 15 is 0 Å². The van der Waals surface area contributed by atoms with Gasteiger partial charge < -0.3 is 5.73 Å². The predicted molar refractivity (Wildman–Crippen MR) is 83.1 cm³/mol. The molecule has 2 aromatic carbocycles. The van der Waals surface area contributed by atoms with E-state index < -0.39 is 4.92 Å². The smallest absolute Gasteiger partial charge is 0.269 e. The van der Waals surface area contributed by atoms with Gasteiger partial charge in [0, 0.05) is 28.9 Å². The highest BCUT2D eigenvalue weighted by Crippen LogP contribution is 2.24. The Bertz CT molecular complexity index is 839. The Hall–Kier alpha value is -3.22. The maximum absolute atomic E-state index is 10.7. The van der Waals surface area contributed by atoms with Gasteiger partial charge in [0.05, 0.1) is 4.92 Å². The molecule has 7 heteroatoms. The maximum atomic E-state index is 10.7. The third-order valence-corrected chi connectivity index (χ3v) is 3.37. The second-order valence-corrected chi connectivity index (χ2v) is 4.88. The summed E-state index contributed by atoms with van der Waals surface area (Å²) >= 11 is 0. The van der Waals surface area contributed by atoms with Crippen molar-refractivity contribution in [2.45, 2.75) is 6.92 Å². The lowest BCUT2D eigenvalue weighted by molar-refractivity contribution is -0.384. The number of nitrogens with one attached hydrogen (secondary N) is 1. The van der Waals surface area contributed by atoms with Crippen molar-refractivity contribution >= 4 is 11.4 Å². The van der Waals surface area contributed by atoms with Gasteiger partial charge in [-0.05, 0) is 30.7 Å². The normalized spacial score (nSPS) is 10.6. The topological polar surface area (TPSA) is 111 Å². The molecule has 0 unspecified atom stereocenters. The highest BCUT2D eigenvalue weighted by molar-refractivity contribution is 5.66. The van der Waals surface area contributed by atoms with Crippen LogP contribution in [0.2, 0.25) is 0 Å². The number of hydrogen-bond donors (Lipinski definition) is 2. The summed E-state index contributed by atoms with van der Waals surface area (Å²) in [6.45, 7) is 1.93. The average Bonchev–Trinajstić information content (AvgIpc) is 3.00. The van der Waals surface area contributed by atoms with E-state index in [1.807, 2.05) is 25.1 Å². The van der Waals surface area contributed by atoms with E-state index in [0.717, 1.165) is 16.7 Å². The van der Waals surface area contributed by atoms with Gasteiger partial charge >= 0.3 is 0 Å². The van der Waals surface area contributed by atoms with E-state index in [9.17, 15) is 10.1 Å². The van der Waals surface area contributed by atoms with Gasteiger partial charge in [0.15, 0.2) is 11.6 Å². The van der Waals surface area contributed by atoms with Crippen molar-refractivity contribution in [1.29, 1.82) is 0 Å². The Labute approximate surface area is 126 Å². The first-order chi connectivity index (χ1) is 10.5. The number of nitro benzene ring substituents is 1. The van der Waals surface area contributed by atoms with Crippen molar-refractivity contribution < 1.29 is 4.92 Å². The summed E-state index contributed by atoms with van der Waals surface area (Å²) in [5, 5.41) is 17.7. The fourth-order valence-corrected chi connectivity index (χ4v) is 2.04. The van der Waals surface area contributed by atoms with Gasteiger partial charge in [0.2, 0.25) is 0 Å². The minimum Gasteiger partial charge on any atom is -0.398 e. The number of aryl methyl sites for hydroxylation is 1. The SMILES string of the molecule is Cc1ccc(-c2n[nH]c(-c3ccc([N+](=O)[O-])cc3)n2)cc1N. The fraction of sp³-hybridized carbons (Fsp3) is 0.0667. The zero-order valence-corrected chi connectivity index (χ0v) is 11.8. The Kier molecular flexibility index (Phi) is 3.30. The largest absolute Gasteiger partial charge is 0.398 e. The molecular formula is C15H13N5O2. The van der Waals surface area contributed by atoms with Crippen LogP contribution < -0.4 is 5.73 Å². The fourth-order valence-electron chi connectivity index (χ4n) is 2.04. The highest BCUT2D eigenvalue weighted by atomic mass is 16.6. The second-order valence-electron chi connectivity index (χ2n) is 4.88. The van der Waals surface area contributed by atoms with Crippen molar-refractivity contribution in [2.75, 3.05) is 5.73 Å².